The Hall–Kier alpha value is -1.66. The maximum Gasteiger partial charge on any atom is 0.147 e. The third-order valence-corrected chi connectivity index (χ3v) is 4.32. The highest BCUT2D eigenvalue weighted by molar-refractivity contribution is 7.99. The molecule has 1 aliphatic carbocycles. The summed E-state index contributed by atoms with van der Waals surface area (Å²) in [4.78, 5) is 10.0. The second-order valence-electron chi connectivity index (χ2n) is 4.84. The SMILES string of the molecule is Cc1c(NN)nc(C2CC2)nc1Sc1ccc(F)cc1. The zero-order valence-electron chi connectivity index (χ0n) is 11.1. The van der Waals surface area contributed by atoms with Crippen LogP contribution in [0.15, 0.2) is 34.2 Å². The summed E-state index contributed by atoms with van der Waals surface area (Å²) in [6, 6.07) is 6.38. The summed E-state index contributed by atoms with van der Waals surface area (Å²) < 4.78 is 12.9. The van der Waals surface area contributed by atoms with Crippen molar-refractivity contribution in [1.82, 2.24) is 9.97 Å². The molecule has 20 heavy (non-hydrogen) atoms. The first-order valence-corrected chi connectivity index (χ1v) is 7.27. The van der Waals surface area contributed by atoms with E-state index >= 15 is 0 Å². The Kier molecular flexibility index (Phi) is 3.58. The van der Waals surface area contributed by atoms with Crippen LogP contribution < -0.4 is 11.3 Å². The predicted octanol–water partition coefficient (Wildman–Crippen LogP) is 3.24. The summed E-state index contributed by atoms with van der Waals surface area (Å²) in [6.07, 6.45) is 2.27. The van der Waals surface area contributed by atoms with Gasteiger partial charge >= 0.3 is 0 Å². The zero-order chi connectivity index (χ0) is 14.1. The van der Waals surface area contributed by atoms with Crippen LogP contribution >= 0.6 is 11.8 Å². The highest BCUT2D eigenvalue weighted by atomic mass is 32.2. The summed E-state index contributed by atoms with van der Waals surface area (Å²) in [7, 11) is 0. The Bertz CT molecular complexity index is 626. The van der Waals surface area contributed by atoms with E-state index in [0.717, 1.165) is 34.2 Å². The van der Waals surface area contributed by atoms with Gasteiger partial charge in [0.05, 0.1) is 0 Å². The van der Waals surface area contributed by atoms with Crippen molar-refractivity contribution in [3.8, 4) is 0 Å². The van der Waals surface area contributed by atoms with Crippen molar-refractivity contribution in [3.05, 3.63) is 41.5 Å². The standard InChI is InChI=1S/C14H15FN4S/c1-8-12(19-16)17-13(9-2-3-9)18-14(8)20-11-6-4-10(15)5-7-11/h4-7,9H,2-3,16H2,1H3,(H,17,18,19). The van der Waals surface area contributed by atoms with E-state index in [0.29, 0.717) is 11.7 Å². The largest absolute Gasteiger partial charge is 0.308 e. The lowest BCUT2D eigenvalue weighted by Crippen LogP contribution is -2.13. The minimum atomic E-state index is -0.239. The smallest absolute Gasteiger partial charge is 0.147 e. The van der Waals surface area contributed by atoms with E-state index in [4.69, 9.17) is 5.84 Å². The van der Waals surface area contributed by atoms with E-state index in [2.05, 4.69) is 15.4 Å². The lowest BCUT2D eigenvalue weighted by atomic mass is 10.3. The van der Waals surface area contributed by atoms with Crippen LogP contribution in [0.2, 0.25) is 0 Å². The first-order chi connectivity index (χ1) is 9.67. The zero-order valence-corrected chi connectivity index (χ0v) is 11.9. The molecule has 3 N–H and O–H groups in total. The Morgan fingerprint density at radius 2 is 1.95 bits per heavy atom. The van der Waals surface area contributed by atoms with Crippen molar-refractivity contribution in [3.63, 3.8) is 0 Å². The van der Waals surface area contributed by atoms with Gasteiger partial charge in [0.15, 0.2) is 0 Å². The molecule has 1 saturated carbocycles. The van der Waals surface area contributed by atoms with Crippen LogP contribution in [-0.2, 0) is 0 Å². The molecule has 1 aromatic carbocycles. The number of hydrogen-bond acceptors (Lipinski definition) is 5. The number of halogens is 1. The number of rotatable bonds is 4. The number of nitrogens with zero attached hydrogens (tertiary/aromatic N) is 2. The molecule has 0 aliphatic heterocycles. The van der Waals surface area contributed by atoms with E-state index in [1.54, 1.807) is 12.1 Å². The van der Waals surface area contributed by atoms with Gasteiger partial charge in [-0.25, -0.2) is 20.2 Å². The number of nitrogens with two attached hydrogens (primary N) is 1. The molecular weight excluding hydrogens is 275 g/mol. The van der Waals surface area contributed by atoms with Gasteiger partial charge in [-0.2, -0.15) is 0 Å². The van der Waals surface area contributed by atoms with Crippen LogP contribution in [0.3, 0.4) is 0 Å². The topological polar surface area (TPSA) is 63.8 Å². The average Bonchev–Trinajstić information content (AvgIpc) is 3.28. The van der Waals surface area contributed by atoms with Gasteiger partial charge in [0, 0.05) is 16.4 Å². The summed E-state index contributed by atoms with van der Waals surface area (Å²) in [5.74, 6) is 7.24. The van der Waals surface area contributed by atoms with E-state index in [1.165, 1.54) is 23.9 Å². The van der Waals surface area contributed by atoms with Crippen LogP contribution in [0.25, 0.3) is 0 Å². The normalized spacial score (nSPS) is 14.3. The third-order valence-electron chi connectivity index (χ3n) is 3.23. The number of benzene rings is 1. The number of anilines is 1. The molecule has 0 bridgehead atoms. The number of nitrogen functional groups attached to an aromatic ring is 1. The molecule has 0 spiro atoms. The molecule has 6 heteroatoms. The van der Waals surface area contributed by atoms with Crippen molar-refractivity contribution in [2.75, 3.05) is 5.43 Å². The molecule has 104 valence electrons. The fourth-order valence-electron chi connectivity index (χ4n) is 1.89. The van der Waals surface area contributed by atoms with Gasteiger partial charge in [-0.3, -0.25) is 0 Å². The average molecular weight is 290 g/mol. The molecule has 0 unspecified atom stereocenters. The molecule has 3 rings (SSSR count). The van der Waals surface area contributed by atoms with Crippen molar-refractivity contribution in [1.29, 1.82) is 0 Å². The molecular formula is C14H15FN4S. The Labute approximate surface area is 121 Å². The van der Waals surface area contributed by atoms with Gasteiger partial charge in [-0.1, -0.05) is 11.8 Å². The number of aromatic nitrogens is 2. The van der Waals surface area contributed by atoms with Crippen LogP contribution in [0.5, 0.6) is 0 Å². The molecule has 0 radical (unpaired) electrons. The second kappa shape index (κ2) is 5.38. The van der Waals surface area contributed by atoms with E-state index < -0.39 is 0 Å². The lowest BCUT2D eigenvalue weighted by molar-refractivity contribution is 0.626. The van der Waals surface area contributed by atoms with Gasteiger partial charge < -0.3 is 5.43 Å². The monoisotopic (exact) mass is 290 g/mol. The maximum atomic E-state index is 12.9. The first kappa shape index (κ1) is 13.3. The lowest BCUT2D eigenvalue weighted by Gasteiger charge is -2.11. The maximum absolute atomic E-state index is 12.9. The van der Waals surface area contributed by atoms with Gasteiger partial charge in [0.1, 0.15) is 22.5 Å². The molecule has 0 saturated heterocycles. The Balaban J connectivity index is 1.94. The quantitative estimate of drug-likeness (QED) is 0.514. The molecule has 1 aromatic heterocycles. The predicted molar refractivity (Wildman–Crippen MR) is 77.1 cm³/mol. The number of hydrogen-bond donors (Lipinski definition) is 2. The molecule has 1 fully saturated rings. The van der Waals surface area contributed by atoms with Gasteiger partial charge in [0.25, 0.3) is 0 Å². The van der Waals surface area contributed by atoms with Crippen molar-refractivity contribution in [2.45, 2.75) is 35.6 Å². The highest BCUT2D eigenvalue weighted by Crippen LogP contribution is 2.40. The Morgan fingerprint density at radius 1 is 1.25 bits per heavy atom. The molecule has 0 atom stereocenters. The van der Waals surface area contributed by atoms with E-state index in [1.807, 2.05) is 6.92 Å². The first-order valence-electron chi connectivity index (χ1n) is 6.46. The van der Waals surface area contributed by atoms with Crippen LogP contribution in [0.1, 0.15) is 30.1 Å². The summed E-state index contributed by atoms with van der Waals surface area (Å²) in [5, 5.41) is 0.862. The minimum Gasteiger partial charge on any atom is -0.308 e. The van der Waals surface area contributed by atoms with Crippen molar-refractivity contribution >= 4 is 17.6 Å². The molecule has 1 aliphatic rings. The van der Waals surface area contributed by atoms with Crippen molar-refractivity contribution < 1.29 is 4.39 Å². The fraction of sp³-hybridized carbons (Fsp3) is 0.286. The molecule has 0 amide bonds. The summed E-state index contributed by atoms with van der Waals surface area (Å²) >= 11 is 1.50. The minimum absolute atomic E-state index is 0.239. The van der Waals surface area contributed by atoms with Gasteiger partial charge in [0.2, 0.25) is 0 Å². The van der Waals surface area contributed by atoms with Crippen LogP contribution in [0, 0.1) is 12.7 Å². The van der Waals surface area contributed by atoms with E-state index in [9.17, 15) is 4.39 Å². The molecule has 4 nitrogen and oxygen atoms in total. The summed E-state index contributed by atoms with van der Waals surface area (Å²) in [5.41, 5.74) is 3.54. The van der Waals surface area contributed by atoms with Gasteiger partial charge in [-0.05, 0) is 44.0 Å². The van der Waals surface area contributed by atoms with Crippen LogP contribution in [0.4, 0.5) is 10.2 Å². The van der Waals surface area contributed by atoms with Gasteiger partial charge in [-0.15, -0.1) is 0 Å². The fourth-order valence-corrected chi connectivity index (χ4v) is 2.78. The second-order valence-corrected chi connectivity index (χ2v) is 5.90. The van der Waals surface area contributed by atoms with Crippen molar-refractivity contribution in [2.24, 2.45) is 5.84 Å². The Morgan fingerprint density at radius 3 is 2.55 bits per heavy atom. The highest BCUT2D eigenvalue weighted by Gasteiger charge is 2.28. The number of nitrogens with one attached hydrogen (secondary N) is 1. The third kappa shape index (κ3) is 2.76. The van der Waals surface area contributed by atoms with Crippen LogP contribution in [-0.4, -0.2) is 9.97 Å². The van der Waals surface area contributed by atoms with E-state index in [-0.39, 0.29) is 5.82 Å². The number of hydrazine groups is 1. The molecule has 2 aromatic rings. The summed E-state index contributed by atoms with van der Waals surface area (Å²) in [6.45, 7) is 1.93. The molecule has 1 heterocycles.